The Morgan fingerprint density at radius 2 is 1.39 bits per heavy atom. The second-order valence-electron chi connectivity index (χ2n) is 7.55. The van der Waals surface area contributed by atoms with Crippen LogP contribution in [0.25, 0.3) is 0 Å². The molecule has 0 saturated heterocycles. The molecular weight excluding hydrogens is 356 g/mol. The van der Waals surface area contributed by atoms with Gasteiger partial charge in [-0.1, -0.05) is 78.1 Å². The number of unbranched alkanes of at least 4 members (excludes halogenated alkanes) is 10. The third-order valence-electron chi connectivity index (χ3n) is 5.07. The number of benzene rings is 1. The molecule has 1 aromatic carbocycles. The van der Waals surface area contributed by atoms with Gasteiger partial charge in [-0.05, 0) is 30.9 Å². The number of aromatic carboxylic acids is 1. The summed E-state index contributed by atoms with van der Waals surface area (Å²) in [6, 6.07) is 1.45. The number of phenolic OH excluding ortho intramolecular Hbond substituents is 1. The van der Waals surface area contributed by atoms with Crippen LogP contribution in [0.4, 0.5) is 0 Å². The van der Waals surface area contributed by atoms with Gasteiger partial charge < -0.3 is 20.1 Å². The summed E-state index contributed by atoms with van der Waals surface area (Å²) in [5, 5.41) is 29.5. The lowest BCUT2D eigenvalue weighted by atomic mass is 10.0. The number of carbonyl (C=O) groups is 1. The van der Waals surface area contributed by atoms with Gasteiger partial charge >= 0.3 is 5.97 Å². The van der Waals surface area contributed by atoms with Gasteiger partial charge in [-0.25, -0.2) is 4.79 Å². The van der Waals surface area contributed by atoms with Crippen molar-refractivity contribution in [3.63, 3.8) is 0 Å². The highest BCUT2D eigenvalue weighted by molar-refractivity contribution is 5.95. The summed E-state index contributed by atoms with van der Waals surface area (Å²) in [6.07, 6.45) is 14.1. The Bertz CT molecular complexity index is 583. The van der Waals surface area contributed by atoms with Gasteiger partial charge in [-0.15, -0.1) is 0 Å². The number of aromatic hydroxyl groups is 2. The second kappa shape index (κ2) is 14.1. The first-order valence-electron chi connectivity index (χ1n) is 11.0. The van der Waals surface area contributed by atoms with Crippen LogP contribution in [0.3, 0.4) is 0 Å². The van der Waals surface area contributed by atoms with E-state index in [1.807, 2.05) is 0 Å². The van der Waals surface area contributed by atoms with Gasteiger partial charge in [0.2, 0.25) is 0 Å². The summed E-state index contributed by atoms with van der Waals surface area (Å²) in [5.74, 6) is -2.08. The average Bonchev–Trinajstić information content (AvgIpc) is 2.66. The molecule has 0 aliphatic carbocycles. The van der Waals surface area contributed by atoms with Crippen molar-refractivity contribution in [2.75, 3.05) is 6.61 Å². The molecule has 0 radical (unpaired) electrons. The van der Waals surface area contributed by atoms with Gasteiger partial charge in [0.25, 0.3) is 0 Å². The molecule has 0 heterocycles. The van der Waals surface area contributed by atoms with E-state index in [1.54, 1.807) is 0 Å². The van der Waals surface area contributed by atoms with Crippen molar-refractivity contribution < 1.29 is 24.9 Å². The molecule has 0 amide bonds. The number of aryl methyl sites for hydroxylation is 1. The van der Waals surface area contributed by atoms with E-state index in [-0.39, 0.29) is 11.3 Å². The van der Waals surface area contributed by atoms with E-state index >= 15 is 0 Å². The molecule has 0 aromatic heterocycles. The quantitative estimate of drug-likeness (QED) is 0.222. The zero-order chi connectivity index (χ0) is 20.8. The largest absolute Gasteiger partial charge is 0.504 e. The molecule has 0 aliphatic heterocycles. The van der Waals surface area contributed by atoms with Gasteiger partial charge in [0.1, 0.15) is 11.3 Å². The molecule has 3 N–H and O–H groups in total. The number of hydrogen-bond donors (Lipinski definition) is 3. The van der Waals surface area contributed by atoms with Gasteiger partial charge in [0.05, 0.1) is 6.61 Å². The smallest absolute Gasteiger partial charge is 0.343 e. The van der Waals surface area contributed by atoms with Gasteiger partial charge in [-0.3, -0.25) is 0 Å². The minimum absolute atomic E-state index is 0.212. The Morgan fingerprint density at radius 1 is 0.857 bits per heavy atom. The molecule has 1 rings (SSSR count). The normalized spacial score (nSPS) is 10.9. The van der Waals surface area contributed by atoms with Crippen LogP contribution in [-0.4, -0.2) is 27.9 Å². The van der Waals surface area contributed by atoms with Crippen molar-refractivity contribution in [2.45, 2.75) is 97.3 Å². The fourth-order valence-corrected chi connectivity index (χ4v) is 3.40. The van der Waals surface area contributed by atoms with Crippen molar-refractivity contribution in [1.29, 1.82) is 0 Å². The third-order valence-corrected chi connectivity index (χ3v) is 5.07. The first-order chi connectivity index (χ1) is 13.5. The molecular formula is C23H38O5. The lowest BCUT2D eigenvalue weighted by Crippen LogP contribution is -2.08. The molecule has 0 saturated carbocycles. The van der Waals surface area contributed by atoms with Crippen LogP contribution in [0.15, 0.2) is 6.07 Å². The summed E-state index contributed by atoms with van der Waals surface area (Å²) in [5.41, 5.74) is 0.332. The Kier molecular flexibility index (Phi) is 12.2. The highest BCUT2D eigenvalue weighted by Gasteiger charge is 2.24. The highest BCUT2D eigenvalue weighted by Crippen LogP contribution is 2.40. The zero-order valence-corrected chi connectivity index (χ0v) is 17.6. The average molecular weight is 395 g/mol. The summed E-state index contributed by atoms with van der Waals surface area (Å²) < 4.78 is 5.82. The molecule has 0 unspecified atom stereocenters. The topological polar surface area (TPSA) is 87.0 Å². The molecule has 160 valence electrons. The van der Waals surface area contributed by atoms with E-state index in [0.717, 1.165) is 44.9 Å². The van der Waals surface area contributed by atoms with Crippen molar-refractivity contribution >= 4 is 5.97 Å². The molecule has 0 spiro atoms. The summed E-state index contributed by atoms with van der Waals surface area (Å²) in [6.45, 7) is 4.77. The Hall–Kier alpha value is -1.91. The van der Waals surface area contributed by atoms with Crippen LogP contribution in [0.1, 0.15) is 107 Å². The molecule has 28 heavy (non-hydrogen) atoms. The van der Waals surface area contributed by atoms with Crippen LogP contribution in [-0.2, 0) is 6.42 Å². The number of hydrogen-bond acceptors (Lipinski definition) is 4. The van der Waals surface area contributed by atoms with Crippen LogP contribution in [0, 0.1) is 0 Å². The first kappa shape index (κ1) is 24.1. The van der Waals surface area contributed by atoms with Gasteiger partial charge in [-0.2, -0.15) is 0 Å². The van der Waals surface area contributed by atoms with E-state index in [9.17, 15) is 20.1 Å². The van der Waals surface area contributed by atoms with Gasteiger partial charge in [0, 0.05) is 0 Å². The number of rotatable bonds is 16. The van der Waals surface area contributed by atoms with Crippen LogP contribution < -0.4 is 4.74 Å². The SMILES string of the molecule is CCCCCCCCCOc1c(CCCCCCC)cc(O)c(O)c1C(=O)O. The van der Waals surface area contributed by atoms with E-state index in [1.165, 1.54) is 38.2 Å². The zero-order valence-electron chi connectivity index (χ0n) is 17.6. The minimum atomic E-state index is -1.28. The maximum Gasteiger partial charge on any atom is 0.343 e. The second-order valence-corrected chi connectivity index (χ2v) is 7.55. The summed E-state index contributed by atoms with van der Waals surface area (Å²) in [7, 11) is 0. The molecule has 0 atom stereocenters. The number of carboxylic acids is 1. The Balaban J connectivity index is 2.70. The Morgan fingerprint density at radius 3 is 1.96 bits per heavy atom. The monoisotopic (exact) mass is 394 g/mol. The molecule has 0 aliphatic rings. The van der Waals surface area contributed by atoms with Crippen molar-refractivity contribution in [2.24, 2.45) is 0 Å². The predicted octanol–water partition coefficient (Wildman–Crippen LogP) is 6.44. The number of ether oxygens (including phenoxy) is 1. The summed E-state index contributed by atoms with van der Waals surface area (Å²) >= 11 is 0. The minimum Gasteiger partial charge on any atom is -0.504 e. The fourth-order valence-electron chi connectivity index (χ4n) is 3.40. The maximum absolute atomic E-state index is 11.6. The van der Waals surface area contributed by atoms with Crippen LogP contribution >= 0.6 is 0 Å². The summed E-state index contributed by atoms with van der Waals surface area (Å²) in [4.78, 5) is 11.6. The van der Waals surface area contributed by atoms with Crippen molar-refractivity contribution in [3.05, 3.63) is 17.2 Å². The lowest BCUT2D eigenvalue weighted by molar-refractivity contribution is 0.0687. The van der Waals surface area contributed by atoms with E-state index < -0.39 is 17.5 Å². The third kappa shape index (κ3) is 8.41. The van der Waals surface area contributed by atoms with E-state index in [2.05, 4.69) is 13.8 Å². The fraction of sp³-hybridized carbons (Fsp3) is 0.696. The number of carboxylic acid groups (broad SMARTS) is 1. The maximum atomic E-state index is 11.6. The van der Waals surface area contributed by atoms with E-state index in [0.29, 0.717) is 18.6 Å². The Labute approximate surface area is 169 Å². The number of phenols is 2. The molecule has 0 bridgehead atoms. The van der Waals surface area contributed by atoms with E-state index in [4.69, 9.17) is 4.74 Å². The van der Waals surface area contributed by atoms with Crippen LogP contribution in [0.5, 0.6) is 17.2 Å². The molecule has 5 heteroatoms. The molecule has 1 aromatic rings. The molecule has 0 fully saturated rings. The van der Waals surface area contributed by atoms with Crippen LogP contribution in [0.2, 0.25) is 0 Å². The van der Waals surface area contributed by atoms with Crippen molar-refractivity contribution in [1.82, 2.24) is 0 Å². The standard InChI is InChI=1S/C23H38O5/c1-3-5-7-9-10-12-14-16-28-22-18(15-13-11-8-6-4-2)17-19(24)21(25)20(22)23(26)27/h17,24-25H,3-16H2,1-2H3,(H,26,27). The lowest BCUT2D eigenvalue weighted by Gasteiger charge is -2.16. The van der Waals surface area contributed by atoms with Gasteiger partial charge in [0.15, 0.2) is 11.5 Å². The molecule has 5 nitrogen and oxygen atoms in total. The first-order valence-corrected chi connectivity index (χ1v) is 11.0. The van der Waals surface area contributed by atoms with Crippen molar-refractivity contribution in [3.8, 4) is 17.2 Å². The predicted molar refractivity (Wildman–Crippen MR) is 113 cm³/mol. The highest BCUT2D eigenvalue weighted by atomic mass is 16.5.